The number of imidazole rings is 1. The number of ether oxygens (including phenoxy) is 1. The molecule has 7 nitrogen and oxygen atoms in total. The van der Waals surface area contributed by atoms with Gasteiger partial charge in [-0.25, -0.2) is 9.97 Å². The van der Waals surface area contributed by atoms with E-state index in [1.54, 1.807) is 11.3 Å². The highest BCUT2D eigenvalue weighted by Crippen LogP contribution is 2.28. The first-order valence-electron chi connectivity index (χ1n) is 15.0. The topological polar surface area (TPSA) is 80.5 Å². The Kier molecular flexibility index (Phi) is 10.2. The van der Waals surface area contributed by atoms with Gasteiger partial charge in [-0.2, -0.15) is 0 Å². The molecule has 1 N–H and O–H groups in total. The Hall–Kier alpha value is -4.01. The Labute approximate surface area is 257 Å². The van der Waals surface area contributed by atoms with Crippen molar-refractivity contribution >= 4 is 28.3 Å². The average molecular weight is 597 g/mol. The summed E-state index contributed by atoms with van der Waals surface area (Å²) in [5.74, 6) is 1.46. The van der Waals surface area contributed by atoms with E-state index in [1.807, 2.05) is 46.2 Å². The third-order valence-electron chi connectivity index (χ3n) is 7.80. The summed E-state index contributed by atoms with van der Waals surface area (Å²) in [6.45, 7) is 5.77. The molecule has 0 spiro atoms. The Morgan fingerprint density at radius 3 is 2.35 bits per heavy atom. The van der Waals surface area contributed by atoms with Crippen molar-refractivity contribution in [2.24, 2.45) is 7.05 Å². The second-order valence-corrected chi connectivity index (χ2v) is 12.0. The molecule has 0 unspecified atom stereocenters. The van der Waals surface area contributed by atoms with E-state index >= 15 is 0 Å². The van der Waals surface area contributed by atoms with Crippen molar-refractivity contribution in [2.45, 2.75) is 65.1 Å². The van der Waals surface area contributed by atoms with Gasteiger partial charge >= 0.3 is 5.97 Å². The minimum absolute atomic E-state index is 0.0897. The molecule has 5 aromatic rings. The van der Waals surface area contributed by atoms with E-state index in [4.69, 9.17) is 14.7 Å². The third kappa shape index (κ3) is 7.89. The van der Waals surface area contributed by atoms with E-state index in [0.29, 0.717) is 25.6 Å². The number of rotatable bonds is 15. The largest absolute Gasteiger partial charge is 0.489 e. The van der Waals surface area contributed by atoms with Gasteiger partial charge in [-0.05, 0) is 54.2 Å². The molecular formula is C35H40N4O3S. The molecule has 0 radical (unpaired) electrons. The Bertz CT molecular complexity index is 1620. The molecule has 0 atom stereocenters. The minimum atomic E-state index is -0.874. The molecule has 5 rings (SSSR count). The number of aryl methyl sites for hydroxylation is 1. The van der Waals surface area contributed by atoms with Crippen LogP contribution in [-0.2, 0) is 31.5 Å². The van der Waals surface area contributed by atoms with Gasteiger partial charge < -0.3 is 14.4 Å². The number of fused-ring (bicyclic) bond motifs is 1. The summed E-state index contributed by atoms with van der Waals surface area (Å²) in [7, 11) is 1.96. The van der Waals surface area contributed by atoms with Crippen LogP contribution >= 0.6 is 11.3 Å². The van der Waals surface area contributed by atoms with Gasteiger partial charge in [0.15, 0.2) is 0 Å². The second-order valence-electron chi connectivity index (χ2n) is 11.1. The molecule has 0 saturated carbocycles. The van der Waals surface area contributed by atoms with Crippen LogP contribution in [-0.4, -0.2) is 37.1 Å². The number of hydrogen-bond acceptors (Lipinski definition) is 6. The van der Waals surface area contributed by atoms with Crippen LogP contribution in [0, 0.1) is 0 Å². The maximum absolute atomic E-state index is 11.6. The van der Waals surface area contributed by atoms with Crippen molar-refractivity contribution in [1.82, 2.24) is 19.4 Å². The number of carboxylic acid groups (broad SMARTS) is 1. The molecule has 0 aliphatic heterocycles. The van der Waals surface area contributed by atoms with Crippen molar-refractivity contribution in [3.63, 3.8) is 0 Å². The number of nitrogens with zero attached hydrogens (tertiary/aromatic N) is 4. The maximum Gasteiger partial charge on any atom is 0.317 e. The number of aromatic nitrogens is 3. The molecule has 8 heteroatoms. The van der Waals surface area contributed by atoms with E-state index in [0.717, 1.165) is 44.4 Å². The molecule has 0 saturated heterocycles. The van der Waals surface area contributed by atoms with Crippen molar-refractivity contribution in [3.8, 4) is 17.0 Å². The van der Waals surface area contributed by atoms with Crippen LogP contribution in [0.4, 0.5) is 0 Å². The predicted molar refractivity (Wildman–Crippen MR) is 173 cm³/mol. The fourth-order valence-corrected chi connectivity index (χ4v) is 6.40. The lowest BCUT2D eigenvalue weighted by molar-refractivity contribution is -0.138. The maximum atomic E-state index is 11.6. The van der Waals surface area contributed by atoms with Crippen LogP contribution in [0.5, 0.6) is 5.75 Å². The van der Waals surface area contributed by atoms with Gasteiger partial charge in [0.25, 0.3) is 0 Å². The fraction of sp³-hybridized carbons (Fsp3) is 0.343. The summed E-state index contributed by atoms with van der Waals surface area (Å²) in [5.41, 5.74) is 6.33. The third-order valence-corrected chi connectivity index (χ3v) is 8.63. The number of thiazole rings is 1. The quantitative estimate of drug-likeness (QED) is 0.132. The standard InChI is InChI=1S/C35H40N4O3S/c1-4-8-26(9-5-2)27-16-18-29(19-17-27)42-23-25-12-14-28(15-13-25)31-24-43-34(37-31)21-39(22-35(40)41)20-33-36-30-10-6-7-11-32(30)38(33)3/h6-7,10-19,24,26H,4-5,8-9,20-23H2,1-3H3,(H,40,41). The Balaban J connectivity index is 1.19. The Morgan fingerprint density at radius 2 is 1.67 bits per heavy atom. The van der Waals surface area contributed by atoms with Gasteiger partial charge in [-0.1, -0.05) is 75.2 Å². The first-order valence-corrected chi connectivity index (χ1v) is 15.9. The summed E-state index contributed by atoms with van der Waals surface area (Å²) in [4.78, 5) is 23.1. The van der Waals surface area contributed by atoms with Crippen LogP contribution in [0.25, 0.3) is 22.3 Å². The molecule has 224 valence electrons. The SMILES string of the molecule is CCCC(CCC)c1ccc(OCc2ccc(-c3csc(CN(CC(=O)O)Cc4nc5ccccc5n4C)n3)cc2)cc1. The highest BCUT2D eigenvalue weighted by molar-refractivity contribution is 7.09. The van der Waals surface area contributed by atoms with Gasteiger partial charge in [-0.15, -0.1) is 11.3 Å². The minimum Gasteiger partial charge on any atom is -0.489 e. The van der Waals surface area contributed by atoms with Gasteiger partial charge in [0.2, 0.25) is 0 Å². The molecule has 0 aliphatic rings. The summed E-state index contributed by atoms with van der Waals surface area (Å²) in [6, 6.07) is 24.8. The highest BCUT2D eigenvalue weighted by Gasteiger charge is 2.17. The van der Waals surface area contributed by atoms with Crippen LogP contribution in [0.2, 0.25) is 0 Å². The van der Waals surface area contributed by atoms with Crippen molar-refractivity contribution in [3.05, 3.63) is 100 Å². The summed E-state index contributed by atoms with van der Waals surface area (Å²) >= 11 is 1.54. The first kappa shape index (κ1) is 30.4. The van der Waals surface area contributed by atoms with Crippen LogP contribution in [0.3, 0.4) is 0 Å². The molecule has 0 fully saturated rings. The zero-order valence-corrected chi connectivity index (χ0v) is 26.0. The Morgan fingerprint density at radius 1 is 0.953 bits per heavy atom. The zero-order valence-electron chi connectivity index (χ0n) is 25.2. The number of carbonyl (C=O) groups is 1. The lowest BCUT2D eigenvalue weighted by Crippen LogP contribution is -2.30. The number of benzene rings is 3. The summed E-state index contributed by atoms with van der Waals surface area (Å²) in [5, 5.41) is 12.4. The fourth-order valence-electron chi connectivity index (χ4n) is 5.55. The van der Waals surface area contributed by atoms with E-state index in [-0.39, 0.29) is 6.54 Å². The molecule has 0 bridgehead atoms. The lowest BCUT2D eigenvalue weighted by atomic mass is 9.90. The van der Waals surface area contributed by atoms with Gasteiger partial charge in [0, 0.05) is 18.0 Å². The number of carboxylic acids is 1. The number of hydrogen-bond donors (Lipinski definition) is 1. The van der Waals surface area contributed by atoms with Crippen LogP contribution in [0.1, 0.15) is 67.4 Å². The molecular weight excluding hydrogens is 556 g/mol. The van der Waals surface area contributed by atoms with Crippen molar-refractivity contribution < 1.29 is 14.6 Å². The number of para-hydroxylation sites is 2. The molecule has 0 amide bonds. The van der Waals surface area contributed by atoms with Crippen molar-refractivity contribution in [1.29, 1.82) is 0 Å². The predicted octanol–water partition coefficient (Wildman–Crippen LogP) is 8.05. The zero-order chi connectivity index (χ0) is 30.2. The smallest absolute Gasteiger partial charge is 0.317 e. The van der Waals surface area contributed by atoms with Gasteiger partial charge in [0.05, 0.1) is 36.4 Å². The molecule has 2 aromatic heterocycles. The normalized spacial score (nSPS) is 11.6. The van der Waals surface area contributed by atoms with Crippen LogP contribution < -0.4 is 4.74 Å². The second kappa shape index (κ2) is 14.4. The monoisotopic (exact) mass is 596 g/mol. The molecule has 43 heavy (non-hydrogen) atoms. The average Bonchev–Trinajstić information content (AvgIpc) is 3.60. The van der Waals surface area contributed by atoms with Gasteiger partial charge in [0.1, 0.15) is 23.2 Å². The van der Waals surface area contributed by atoms with E-state index in [2.05, 4.69) is 62.4 Å². The van der Waals surface area contributed by atoms with E-state index in [9.17, 15) is 9.90 Å². The van der Waals surface area contributed by atoms with E-state index in [1.165, 1.54) is 31.2 Å². The molecule has 2 heterocycles. The molecule has 3 aromatic carbocycles. The van der Waals surface area contributed by atoms with Gasteiger partial charge in [-0.3, -0.25) is 9.69 Å². The number of aliphatic carboxylic acids is 1. The van der Waals surface area contributed by atoms with Crippen molar-refractivity contribution in [2.75, 3.05) is 6.54 Å². The van der Waals surface area contributed by atoms with E-state index < -0.39 is 5.97 Å². The molecule has 0 aliphatic carbocycles. The summed E-state index contributed by atoms with van der Waals surface area (Å²) in [6.07, 6.45) is 4.86. The lowest BCUT2D eigenvalue weighted by Gasteiger charge is -2.18. The first-order chi connectivity index (χ1) is 20.9. The highest BCUT2D eigenvalue weighted by atomic mass is 32.1. The van der Waals surface area contributed by atoms with Crippen LogP contribution in [0.15, 0.2) is 78.2 Å². The summed E-state index contributed by atoms with van der Waals surface area (Å²) < 4.78 is 8.10.